The molecule has 0 heterocycles. The molecule has 2 amide bonds. The number of carboxylic acid groups (broad SMARTS) is 1. The summed E-state index contributed by atoms with van der Waals surface area (Å²) in [5, 5.41) is 12.1. The highest BCUT2D eigenvalue weighted by molar-refractivity contribution is 5.97. The molecule has 0 aromatic heterocycles. The van der Waals surface area contributed by atoms with Gasteiger partial charge >= 0.3 is 5.97 Å². The highest BCUT2D eigenvalue weighted by Crippen LogP contribution is 2.44. The third-order valence-electron chi connectivity index (χ3n) is 6.12. The largest absolute Gasteiger partial charge is 0.481 e. The van der Waals surface area contributed by atoms with E-state index in [1.54, 1.807) is 24.3 Å². The first-order valence-electron chi connectivity index (χ1n) is 9.82. The van der Waals surface area contributed by atoms with Crippen LogP contribution in [0.4, 0.5) is 5.69 Å². The number of anilines is 1. The molecule has 0 aliphatic heterocycles. The number of carbonyl (C=O) groups excluding carboxylic acids is 2. The lowest BCUT2D eigenvalue weighted by atomic mass is 9.66. The molecule has 2 aliphatic rings. The molecule has 0 bridgehead atoms. The minimum Gasteiger partial charge on any atom is -0.481 e. The van der Waals surface area contributed by atoms with Crippen molar-refractivity contribution in [1.82, 2.24) is 4.90 Å². The van der Waals surface area contributed by atoms with Crippen molar-refractivity contribution in [3.05, 3.63) is 29.8 Å². The molecule has 27 heavy (non-hydrogen) atoms. The molecule has 2 fully saturated rings. The van der Waals surface area contributed by atoms with Crippen molar-refractivity contribution >= 4 is 23.5 Å². The van der Waals surface area contributed by atoms with Gasteiger partial charge in [0.15, 0.2) is 0 Å². The Morgan fingerprint density at radius 2 is 1.70 bits per heavy atom. The number of carbonyl (C=O) groups is 3. The summed E-state index contributed by atoms with van der Waals surface area (Å²) in [7, 11) is 1.86. The summed E-state index contributed by atoms with van der Waals surface area (Å²) in [5.41, 5.74) is 0.279. The van der Waals surface area contributed by atoms with Crippen LogP contribution in [0.2, 0.25) is 0 Å². The van der Waals surface area contributed by atoms with Crippen LogP contribution in [0.25, 0.3) is 0 Å². The van der Waals surface area contributed by atoms with Gasteiger partial charge in [0.2, 0.25) is 5.91 Å². The highest BCUT2D eigenvalue weighted by Gasteiger charge is 2.45. The van der Waals surface area contributed by atoms with Gasteiger partial charge in [0.05, 0.1) is 5.41 Å². The Labute approximate surface area is 159 Å². The minimum atomic E-state index is -0.900. The molecule has 6 nitrogen and oxygen atoms in total. The summed E-state index contributed by atoms with van der Waals surface area (Å²) < 4.78 is 0. The Balaban J connectivity index is 1.57. The Morgan fingerprint density at radius 3 is 2.22 bits per heavy atom. The number of carboxylic acids is 1. The zero-order valence-electron chi connectivity index (χ0n) is 15.9. The van der Waals surface area contributed by atoms with E-state index in [2.05, 4.69) is 5.32 Å². The van der Waals surface area contributed by atoms with Crippen molar-refractivity contribution < 1.29 is 19.5 Å². The summed E-state index contributed by atoms with van der Waals surface area (Å²) in [6.07, 6.45) is 7.65. The van der Waals surface area contributed by atoms with Crippen LogP contribution in [0.1, 0.15) is 68.1 Å². The van der Waals surface area contributed by atoms with Gasteiger partial charge in [0, 0.05) is 30.8 Å². The molecule has 2 aliphatic carbocycles. The van der Waals surface area contributed by atoms with E-state index in [0.717, 1.165) is 19.3 Å². The van der Waals surface area contributed by atoms with E-state index in [1.807, 2.05) is 11.9 Å². The number of hydrogen-bond donors (Lipinski definition) is 2. The van der Waals surface area contributed by atoms with Crippen LogP contribution in [0, 0.1) is 5.41 Å². The van der Waals surface area contributed by atoms with Gasteiger partial charge in [0.1, 0.15) is 0 Å². The fraction of sp³-hybridized carbons (Fsp3) is 0.571. The van der Waals surface area contributed by atoms with E-state index in [-0.39, 0.29) is 18.2 Å². The summed E-state index contributed by atoms with van der Waals surface area (Å²) in [5.74, 6) is -1.19. The van der Waals surface area contributed by atoms with Gasteiger partial charge in [-0.15, -0.1) is 0 Å². The van der Waals surface area contributed by atoms with E-state index in [1.165, 1.54) is 19.3 Å². The van der Waals surface area contributed by atoms with Gasteiger partial charge in [-0.3, -0.25) is 14.4 Å². The van der Waals surface area contributed by atoms with Crippen molar-refractivity contribution in [1.29, 1.82) is 0 Å². The van der Waals surface area contributed by atoms with Crippen molar-refractivity contribution in [2.24, 2.45) is 5.41 Å². The van der Waals surface area contributed by atoms with E-state index in [4.69, 9.17) is 0 Å². The second-order valence-electron chi connectivity index (χ2n) is 7.95. The van der Waals surface area contributed by atoms with Gasteiger partial charge in [0.25, 0.3) is 5.91 Å². The molecule has 0 atom stereocenters. The summed E-state index contributed by atoms with van der Waals surface area (Å²) in [6.45, 7) is 0. The molecule has 0 saturated heterocycles. The molecule has 2 saturated carbocycles. The monoisotopic (exact) mass is 372 g/mol. The van der Waals surface area contributed by atoms with Crippen molar-refractivity contribution in [2.75, 3.05) is 12.4 Å². The van der Waals surface area contributed by atoms with E-state index in [9.17, 15) is 19.5 Å². The predicted molar refractivity (Wildman–Crippen MR) is 103 cm³/mol. The molecular weight excluding hydrogens is 344 g/mol. The summed E-state index contributed by atoms with van der Waals surface area (Å²) >= 11 is 0. The first kappa shape index (κ1) is 19.4. The molecule has 0 radical (unpaired) electrons. The number of hydrogen-bond acceptors (Lipinski definition) is 3. The third-order valence-corrected chi connectivity index (χ3v) is 6.12. The topological polar surface area (TPSA) is 86.7 Å². The second-order valence-corrected chi connectivity index (χ2v) is 7.95. The van der Waals surface area contributed by atoms with Crippen molar-refractivity contribution in [2.45, 2.75) is 63.8 Å². The Kier molecular flexibility index (Phi) is 5.82. The Bertz CT molecular complexity index is 703. The third kappa shape index (κ3) is 4.31. The number of nitrogens with zero attached hydrogens (tertiary/aromatic N) is 1. The molecule has 6 heteroatoms. The molecule has 146 valence electrons. The smallest absolute Gasteiger partial charge is 0.310 e. The predicted octanol–water partition coefficient (Wildman–Crippen LogP) is 3.67. The normalized spacial score (nSPS) is 19.0. The van der Waals surface area contributed by atoms with Crippen LogP contribution in [0.5, 0.6) is 0 Å². The lowest BCUT2D eigenvalue weighted by Gasteiger charge is -2.36. The lowest BCUT2D eigenvalue weighted by Crippen LogP contribution is -2.41. The number of aliphatic carboxylic acids is 1. The quantitative estimate of drug-likeness (QED) is 0.797. The van der Waals surface area contributed by atoms with Gasteiger partial charge in [-0.1, -0.05) is 25.7 Å². The zero-order chi connectivity index (χ0) is 19.4. The lowest BCUT2D eigenvalue weighted by molar-refractivity contribution is -0.157. The van der Waals surface area contributed by atoms with Crippen LogP contribution >= 0.6 is 0 Å². The fourth-order valence-electron chi connectivity index (χ4n) is 4.12. The molecule has 0 spiro atoms. The zero-order valence-corrected chi connectivity index (χ0v) is 15.9. The van der Waals surface area contributed by atoms with Crippen LogP contribution in [0.3, 0.4) is 0 Å². The molecule has 1 aromatic rings. The number of benzene rings is 1. The van der Waals surface area contributed by atoms with Gasteiger partial charge in [-0.2, -0.15) is 0 Å². The SMILES string of the molecule is CN(C(=O)c1ccc(NC(=O)CC2(C(=O)O)CCC2)cc1)C1CCCCC1. The van der Waals surface area contributed by atoms with Crippen LogP contribution in [-0.4, -0.2) is 40.9 Å². The average molecular weight is 372 g/mol. The fourth-order valence-corrected chi connectivity index (χ4v) is 4.12. The Hall–Kier alpha value is -2.37. The van der Waals surface area contributed by atoms with Crippen LogP contribution in [0.15, 0.2) is 24.3 Å². The molecule has 2 N–H and O–H groups in total. The number of amides is 2. The second kappa shape index (κ2) is 8.11. The summed E-state index contributed by atoms with van der Waals surface area (Å²) in [4.78, 5) is 38.1. The molecular formula is C21H28N2O4. The van der Waals surface area contributed by atoms with Crippen molar-refractivity contribution in [3.63, 3.8) is 0 Å². The van der Waals surface area contributed by atoms with Gasteiger partial charge in [-0.05, 0) is 49.9 Å². The average Bonchev–Trinajstić information content (AvgIpc) is 2.64. The maximum absolute atomic E-state index is 12.7. The molecule has 0 unspecified atom stereocenters. The molecule has 3 rings (SSSR count). The number of nitrogens with one attached hydrogen (secondary N) is 1. The standard InChI is InChI=1S/C21H28N2O4/c1-23(17-6-3-2-4-7-17)19(25)15-8-10-16(11-9-15)22-18(24)14-21(20(26)27)12-5-13-21/h8-11,17H,2-7,12-14H2,1H3,(H,22,24)(H,26,27). The maximum atomic E-state index is 12.7. The van der Waals surface area contributed by atoms with Gasteiger partial charge in [-0.25, -0.2) is 0 Å². The first-order valence-corrected chi connectivity index (χ1v) is 9.82. The maximum Gasteiger partial charge on any atom is 0.310 e. The van der Waals surface area contributed by atoms with E-state index < -0.39 is 11.4 Å². The van der Waals surface area contributed by atoms with Crippen LogP contribution < -0.4 is 5.32 Å². The highest BCUT2D eigenvalue weighted by atomic mass is 16.4. The Morgan fingerprint density at radius 1 is 1.07 bits per heavy atom. The van der Waals surface area contributed by atoms with Crippen LogP contribution in [-0.2, 0) is 9.59 Å². The van der Waals surface area contributed by atoms with E-state index >= 15 is 0 Å². The molecule has 1 aromatic carbocycles. The van der Waals surface area contributed by atoms with Crippen molar-refractivity contribution in [3.8, 4) is 0 Å². The number of rotatable bonds is 6. The minimum absolute atomic E-state index is 0.000857. The summed E-state index contributed by atoms with van der Waals surface area (Å²) in [6, 6.07) is 7.14. The first-order chi connectivity index (χ1) is 12.9. The van der Waals surface area contributed by atoms with E-state index in [0.29, 0.717) is 30.1 Å². The van der Waals surface area contributed by atoms with Gasteiger partial charge < -0.3 is 15.3 Å².